The Morgan fingerprint density at radius 3 is 2.18 bits per heavy atom. The zero-order valence-corrected chi connectivity index (χ0v) is 36.0. The lowest BCUT2D eigenvalue weighted by atomic mass is 10.00. The van der Waals surface area contributed by atoms with Crippen LogP contribution in [0.5, 0.6) is 0 Å². The summed E-state index contributed by atoms with van der Waals surface area (Å²) in [5, 5.41) is 6.25. The molecule has 0 unspecified atom stereocenters. The van der Waals surface area contributed by atoms with E-state index in [4.69, 9.17) is 14.5 Å². The minimum atomic E-state index is -0.785. The van der Waals surface area contributed by atoms with Crippen molar-refractivity contribution in [2.75, 3.05) is 27.3 Å². The van der Waals surface area contributed by atoms with Crippen LogP contribution in [0.4, 0.5) is 14.0 Å². The van der Waals surface area contributed by atoms with Crippen LogP contribution in [0, 0.1) is 24.6 Å². The molecule has 5 aromatic rings. The van der Waals surface area contributed by atoms with Crippen LogP contribution >= 0.6 is 0 Å². The molecule has 320 valence electrons. The van der Waals surface area contributed by atoms with E-state index in [0.29, 0.717) is 47.3 Å². The van der Waals surface area contributed by atoms with Crippen LogP contribution in [0.25, 0.3) is 44.7 Å². The highest BCUT2D eigenvalue weighted by Crippen LogP contribution is 2.37. The number of nitrogens with zero attached hydrogens (tertiary/aromatic N) is 5. The first-order valence-corrected chi connectivity index (χ1v) is 20.4. The van der Waals surface area contributed by atoms with Crippen LogP contribution in [-0.4, -0.2) is 97.7 Å². The molecule has 16 heteroatoms. The Labute approximate surface area is 349 Å². The number of carbonyl (C=O) groups excluding carboxylic acids is 4. The molecule has 0 spiro atoms. The molecule has 60 heavy (non-hydrogen) atoms. The number of amides is 4. The maximum absolute atomic E-state index is 16.3. The SMILES string of the molecule is CCN(C(=O)[C@@H](NC(=O)OC)C(C)C)[C@@H](C)c1ncc(-c2cc(C)c(-c3cc4cc(-c5cnc([C@@H]6CCCN6C(=O)[C@@H](NC(=O)OC)C(C)C)[nH]5)ccc4n3C)c(F)c2)[nH]1. The number of rotatable bonds is 13. The second-order valence-corrected chi connectivity index (χ2v) is 16.1. The van der Waals surface area contributed by atoms with Crippen molar-refractivity contribution in [3.63, 3.8) is 0 Å². The number of alkyl carbamates (subject to hydrolysis) is 2. The Balaban J connectivity index is 1.22. The van der Waals surface area contributed by atoms with Crippen molar-refractivity contribution in [2.24, 2.45) is 18.9 Å². The third-order valence-corrected chi connectivity index (χ3v) is 11.5. The Morgan fingerprint density at radius 2 is 1.55 bits per heavy atom. The van der Waals surface area contributed by atoms with Gasteiger partial charge < -0.3 is 44.4 Å². The second kappa shape index (κ2) is 18.0. The minimum absolute atomic E-state index is 0.137. The zero-order chi connectivity index (χ0) is 43.6. The van der Waals surface area contributed by atoms with Gasteiger partial charge in [0, 0.05) is 47.7 Å². The summed E-state index contributed by atoms with van der Waals surface area (Å²) in [6, 6.07) is 9.18. The summed E-state index contributed by atoms with van der Waals surface area (Å²) in [6.07, 6.45) is 3.62. The lowest BCUT2D eigenvalue weighted by Crippen LogP contribution is -2.51. The largest absolute Gasteiger partial charge is 0.453 e. The molecule has 0 saturated carbocycles. The normalized spacial score (nSPS) is 15.6. The highest BCUT2D eigenvalue weighted by molar-refractivity contribution is 5.91. The van der Waals surface area contributed by atoms with Crippen LogP contribution in [0.1, 0.15) is 83.7 Å². The Bertz CT molecular complexity index is 2360. The number of nitrogens with one attached hydrogen (secondary N) is 4. The smallest absolute Gasteiger partial charge is 0.407 e. The van der Waals surface area contributed by atoms with Gasteiger partial charge in [-0.2, -0.15) is 0 Å². The van der Waals surface area contributed by atoms with Gasteiger partial charge in [-0.3, -0.25) is 9.59 Å². The zero-order valence-electron chi connectivity index (χ0n) is 36.0. The first-order chi connectivity index (χ1) is 28.6. The highest BCUT2D eigenvalue weighted by Gasteiger charge is 2.38. The van der Waals surface area contributed by atoms with E-state index in [1.165, 1.54) is 20.3 Å². The van der Waals surface area contributed by atoms with E-state index in [9.17, 15) is 19.2 Å². The van der Waals surface area contributed by atoms with Crippen LogP contribution < -0.4 is 10.6 Å². The average Bonchev–Trinajstić information content (AvgIpc) is 4.05. The van der Waals surface area contributed by atoms with Gasteiger partial charge in [0.05, 0.1) is 55.8 Å². The molecule has 4 N–H and O–H groups in total. The predicted octanol–water partition coefficient (Wildman–Crippen LogP) is 7.41. The molecule has 15 nitrogen and oxygen atoms in total. The van der Waals surface area contributed by atoms with Gasteiger partial charge in [0.2, 0.25) is 11.8 Å². The number of carbonyl (C=O) groups is 4. The fourth-order valence-electron chi connectivity index (χ4n) is 8.17. The van der Waals surface area contributed by atoms with Crippen molar-refractivity contribution in [2.45, 2.75) is 85.5 Å². The lowest BCUT2D eigenvalue weighted by Gasteiger charge is -2.32. The maximum atomic E-state index is 16.3. The summed E-state index contributed by atoms with van der Waals surface area (Å²) < 4.78 is 27.8. The number of aromatic nitrogens is 5. The monoisotopic (exact) mass is 825 g/mol. The fourth-order valence-corrected chi connectivity index (χ4v) is 8.17. The van der Waals surface area contributed by atoms with Crippen LogP contribution in [-0.2, 0) is 26.1 Å². The molecule has 6 rings (SSSR count). The number of methoxy groups -OCH3 is 2. The van der Waals surface area contributed by atoms with Crippen molar-refractivity contribution >= 4 is 34.9 Å². The molecule has 3 aromatic heterocycles. The van der Waals surface area contributed by atoms with Crippen molar-refractivity contribution in [1.82, 2.24) is 44.9 Å². The minimum Gasteiger partial charge on any atom is -0.453 e. The van der Waals surface area contributed by atoms with Gasteiger partial charge in [0.1, 0.15) is 29.5 Å². The molecule has 4 atom stereocenters. The molecule has 0 bridgehead atoms. The number of aromatic amines is 2. The lowest BCUT2D eigenvalue weighted by molar-refractivity contribution is -0.137. The van der Waals surface area contributed by atoms with Crippen LogP contribution in [0.2, 0.25) is 0 Å². The van der Waals surface area contributed by atoms with Gasteiger partial charge in [-0.1, -0.05) is 33.8 Å². The van der Waals surface area contributed by atoms with Gasteiger partial charge in [0.25, 0.3) is 0 Å². The maximum Gasteiger partial charge on any atom is 0.407 e. The Kier molecular flexibility index (Phi) is 13.0. The summed E-state index contributed by atoms with van der Waals surface area (Å²) in [4.78, 5) is 70.6. The van der Waals surface area contributed by atoms with E-state index in [0.717, 1.165) is 40.6 Å². The third kappa shape index (κ3) is 8.59. The average molecular weight is 826 g/mol. The molecule has 4 amide bonds. The number of ether oxygens (including phenoxy) is 2. The number of H-pyrrole nitrogens is 2. The summed E-state index contributed by atoms with van der Waals surface area (Å²) in [5.41, 5.74) is 5.73. The van der Waals surface area contributed by atoms with E-state index in [1.807, 2.05) is 90.4 Å². The number of benzene rings is 2. The third-order valence-electron chi connectivity index (χ3n) is 11.5. The molecule has 1 aliphatic rings. The standard InChI is InChI=1S/C44H56FN9O6/c1-11-53(41(55)37(23(2)3)50-43(57)59-9)26(7)39-46-22-32(48-39)28-17-25(6)36(30(45)19-28)35-20-29-18-27(14-15-33(29)52(35)8)31-21-47-40(49-31)34-13-12-16-54(34)42(56)38(24(4)5)51-44(58)60-10/h14-15,17-24,26,34,37-38H,11-13,16H2,1-10H3,(H,46,48)(H,47,49)(H,50,57)(H,51,58)/t26-,34-,37-,38-/m0/s1. The van der Waals surface area contributed by atoms with E-state index < -0.39 is 36.1 Å². The number of hydrogen-bond donors (Lipinski definition) is 4. The molecule has 0 aliphatic carbocycles. The second-order valence-electron chi connectivity index (χ2n) is 16.1. The number of halogens is 1. The van der Waals surface area contributed by atoms with Crippen LogP contribution in [0.15, 0.2) is 48.8 Å². The summed E-state index contributed by atoms with van der Waals surface area (Å²) in [5.74, 6) is 0.0515. The van der Waals surface area contributed by atoms with Gasteiger partial charge in [-0.25, -0.2) is 23.9 Å². The first kappa shape index (κ1) is 43.4. The first-order valence-electron chi connectivity index (χ1n) is 20.4. The number of likely N-dealkylation sites (tertiary alicyclic amines) is 1. The van der Waals surface area contributed by atoms with Crippen molar-refractivity contribution in [3.05, 3.63) is 71.8 Å². The predicted molar refractivity (Wildman–Crippen MR) is 226 cm³/mol. The van der Waals surface area contributed by atoms with Crippen molar-refractivity contribution in [1.29, 1.82) is 0 Å². The van der Waals surface area contributed by atoms with E-state index in [1.54, 1.807) is 22.2 Å². The topological polar surface area (TPSA) is 180 Å². The van der Waals surface area contributed by atoms with Gasteiger partial charge in [-0.15, -0.1) is 0 Å². The quantitative estimate of drug-likeness (QED) is 0.0948. The molecular formula is C44H56FN9O6. The van der Waals surface area contributed by atoms with Crippen LogP contribution in [0.3, 0.4) is 0 Å². The summed E-state index contributed by atoms with van der Waals surface area (Å²) in [6.45, 7) is 14.0. The van der Waals surface area contributed by atoms with E-state index in [2.05, 4.69) is 25.6 Å². The van der Waals surface area contributed by atoms with Gasteiger partial charge in [-0.05, 0) is 81.3 Å². The molecule has 4 heterocycles. The molecule has 0 radical (unpaired) electrons. The number of hydrogen-bond acceptors (Lipinski definition) is 8. The molecule has 1 fully saturated rings. The summed E-state index contributed by atoms with van der Waals surface area (Å²) in [7, 11) is 4.45. The molecule has 1 saturated heterocycles. The van der Waals surface area contributed by atoms with E-state index >= 15 is 4.39 Å². The number of imidazole rings is 2. The number of fused-ring (bicyclic) bond motifs is 1. The summed E-state index contributed by atoms with van der Waals surface area (Å²) >= 11 is 0. The van der Waals surface area contributed by atoms with Gasteiger partial charge >= 0.3 is 12.2 Å². The molecular weight excluding hydrogens is 770 g/mol. The van der Waals surface area contributed by atoms with Crippen molar-refractivity contribution in [3.8, 4) is 33.8 Å². The van der Waals surface area contributed by atoms with Crippen molar-refractivity contribution < 1.29 is 33.0 Å². The molecule has 2 aromatic carbocycles. The Morgan fingerprint density at radius 1 is 0.900 bits per heavy atom. The highest BCUT2D eigenvalue weighted by atomic mass is 19.1. The Hall–Kier alpha value is -6.19. The van der Waals surface area contributed by atoms with Gasteiger partial charge in [0.15, 0.2) is 0 Å². The van der Waals surface area contributed by atoms with E-state index in [-0.39, 0.29) is 29.7 Å². The number of aryl methyl sites for hydroxylation is 2. The molecule has 1 aliphatic heterocycles. The number of likely N-dealkylation sites (N-methyl/N-ethyl adjacent to an activating group) is 1. The fraction of sp³-hybridized carbons (Fsp3) is 0.455.